The molecule has 0 atom stereocenters. The number of rotatable bonds is 2. The number of phenols is 1. The van der Waals surface area contributed by atoms with Crippen molar-refractivity contribution < 1.29 is 25.1 Å². The Morgan fingerprint density at radius 1 is 0.966 bits per heavy atom. The zero-order valence-electron chi connectivity index (χ0n) is 19.8. The molecule has 165 valence electrons. The summed E-state index contributed by atoms with van der Waals surface area (Å²) < 4.78 is 1.59. The topological polar surface area (TPSA) is 20.2 Å². The quantitative estimate of drug-likeness (QED) is 0.338. The Morgan fingerprint density at radius 3 is 1.72 bits per heavy atom. The molecule has 0 aliphatic heterocycles. The van der Waals surface area contributed by atoms with Crippen LogP contribution in [0.25, 0.3) is 0 Å². The van der Waals surface area contributed by atoms with Crippen LogP contribution in [0.15, 0.2) is 35.9 Å². The molecule has 0 aromatic heterocycles. The first-order valence-corrected chi connectivity index (χ1v) is 10.7. The van der Waals surface area contributed by atoms with E-state index in [-0.39, 0.29) is 30.2 Å². The third kappa shape index (κ3) is 15.2. The van der Waals surface area contributed by atoms with E-state index >= 15 is 0 Å². The van der Waals surface area contributed by atoms with E-state index in [9.17, 15) is 5.11 Å². The van der Waals surface area contributed by atoms with E-state index in [0.717, 1.165) is 12.0 Å². The second-order valence-corrected chi connectivity index (χ2v) is 10.2. The van der Waals surface area contributed by atoms with Gasteiger partial charge in [0.1, 0.15) is 5.75 Å². The first-order valence-electron chi connectivity index (χ1n) is 9.96. The summed E-state index contributed by atoms with van der Waals surface area (Å²) in [5.41, 5.74) is 4.05. The van der Waals surface area contributed by atoms with Crippen molar-refractivity contribution in [3.8, 4) is 5.75 Å². The van der Waals surface area contributed by atoms with Crippen LogP contribution in [0.1, 0.15) is 85.8 Å². The van der Waals surface area contributed by atoms with Crippen LogP contribution in [0.4, 0.5) is 0 Å². The summed E-state index contributed by atoms with van der Waals surface area (Å²) in [5.74, 6) is 0.361. The fourth-order valence-corrected chi connectivity index (χ4v) is 2.37. The number of hydrogen-bond donors (Lipinski definition) is 1. The molecule has 0 fully saturated rings. The molecule has 29 heavy (non-hydrogen) atoms. The molecule has 4 heteroatoms. The minimum absolute atomic E-state index is 0. The number of aromatic hydroxyl groups is 1. The Bertz CT molecular complexity index is 636. The van der Waals surface area contributed by atoms with E-state index in [1.54, 1.807) is 9.88 Å². The zero-order chi connectivity index (χ0) is 21.3. The van der Waals surface area contributed by atoms with Crippen LogP contribution >= 0.6 is 24.8 Å². The molecular weight excluding hydrogens is 435 g/mol. The standard InChI is InChI=1S/C11H16O.C9H13.C5H10.2ClH.Ti/c1-8-5-9(11(2,3)4)7-10(12)6-8;1-9(2,3)8-6-4-5-7-8;1-3-5-4-2;;;/h5-7,12H,1-4H3;4,6H,5H2,1-3H3;3-4H2,1-2H3;2*1H;/q;-1;;;;+1. The fraction of sp³-hybridized carbons (Fsp3) is 0.560. The summed E-state index contributed by atoms with van der Waals surface area (Å²) in [6.45, 7) is 19.4. The SMILES string of the molecule is CC(C)(C)C1=[C-]CC=C1.CC[C](=[Ti+])CC.Cc1cc(O)cc(C(C)(C)C)c1.Cl.Cl. The van der Waals surface area contributed by atoms with Crippen molar-refractivity contribution in [1.82, 2.24) is 0 Å². The van der Waals surface area contributed by atoms with Gasteiger partial charge in [-0.3, -0.25) is 6.08 Å². The average molecular weight is 476 g/mol. The third-order valence-corrected chi connectivity index (χ3v) is 5.39. The van der Waals surface area contributed by atoms with Gasteiger partial charge >= 0.3 is 50.5 Å². The van der Waals surface area contributed by atoms with Gasteiger partial charge in [-0.25, -0.2) is 11.6 Å². The van der Waals surface area contributed by atoms with E-state index < -0.39 is 0 Å². The predicted molar refractivity (Wildman–Crippen MR) is 132 cm³/mol. The normalized spacial score (nSPS) is 12.3. The molecule has 1 aliphatic rings. The van der Waals surface area contributed by atoms with Crippen molar-refractivity contribution in [2.75, 3.05) is 0 Å². The molecular formula is C25H41Cl2OTi. The minimum atomic E-state index is 0. The molecule has 1 aliphatic carbocycles. The molecule has 0 radical (unpaired) electrons. The molecule has 1 aromatic carbocycles. The zero-order valence-corrected chi connectivity index (χ0v) is 23.0. The predicted octanol–water partition coefficient (Wildman–Crippen LogP) is 8.09. The van der Waals surface area contributed by atoms with Crippen molar-refractivity contribution in [2.24, 2.45) is 5.41 Å². The van der Waals surface area contributed by atoms with Gasteiger partial charge in [-0.05, 0) is 41.0 Å². The maximum absolute atomic E-state index is 9.36. The second-order valence-electron chi connectivity index (χ2n) is 9.06. The van der Waals surface area contributed by atoms with E-state index in [2.05, 4.69) is 99.7 Å². The fourth-order valence-electron chi connectivity index (χ4n) is 2.37. The average Bonchev–Trinajstić information content (AvgIpc) is 3.08. The van der Waals surface area contributed by atoms with E-state index in [0.29, 0.717) is 11.2 Å². The van der Waals surface area contributed by atoms with Gasteiger partial charge in [0.15, 0.2) is 0 Å². The Hall–Kier alpha value is -0.336. The molecule has 1 nitrogen and oxygen atoms in total. The molecule has 0 saturated heterocycles. The Labute approximate surface area is 204 Å². The Balaban J connectivity index is -0.000000357. The Kier molecular flexibility index (Phi) is 17.8. The van der Waals surface area contributed by atoms with E-state index in [1.165, 1.54) is 24.0 Å². The number of halogens is 2. The molecule has 1 aromatic rings. The van der Waals surface area contributed by atoms with Crippen LogP contribution < -0.4 is 0 Å². The molecule has 0 saturated carbocycles. The van der Waals surface area contributed by atoms with Crippen molar-refractivity contribution in [2.45, 2.75) is 87.0 Å². The van der Waals surface area contributed by atoms with E-state index in [1.807, 2.05) is 13.0 Å². The van der Waals surface area contributed by atoms with Crippen LogP contribution in [0.5, 0.6) is 5.75 Å². The summed E-state index contributed by atoms with van der Waals surface area (Å²) in [7, 11) is 0. The van der Waals surface area contributed by atoms with Crippen LogP contribution in [0.2, 0.25) is 0 Å². The molecule has 0 unspecified atom stereocenters. The monoisotopic (exact) mass is 475 g/mol. The molecule has 0 heterocycles. The molecule has 2 rings (SSSR count). The van der Waals surface area contributed by atoms with Crippen LogP contribution in [-0.4, -0.2) is 8.92 Å². The van der Waals surface area contributed by atoms with Gasteiger partial charge in [-0.1, -0.05) is 47.6 Å². The minimum Gasteiger partial charge on any atom is -0.508 e. The van der Waals surface area contributed by atoms with Gasteiger partial charge in [-0.15, -0.1) is 31.2 Å². The third-order valence-electron chi connectivity index (χ3n) is 4.28. The number of aryl methyl sites for hydroxylation is 1. The van der Waals surface area contributed by atoms with Crippen LogP contribution in [0.3, 0.4) is 0 Å². The van der Waals surface area contributed by atoms with Crippen molar-refractivity contribution in [3.05, 3.63) is 53.1 Å². The maximum Gasteiger partial charge on any atom is 0.116 e. The number of allylic oxidation sites excluding steroid dienone is 4. The number of benzene rings is 1. The number of phenolic OH excluding ortho intramolecular Hbond substituents is 1. The Morgan fingerprint density at radius 2 is 1.48 bits per heavy atom. The smallest absolute Gasteiger partial charge is 0.116 e. The van der Waals surface area contributed by atoms with Gasteiger partial charge in [0.25, 0.3) is 0 Å². The first-order chi connectivity index (χ1) is 12.3. The summed E-state index contributed by atoms with van der Waals surface area (Å²) in [4.78, 5) is 0. The van der Waals surface area contributed by atoms with Crippen LogP contribution in [-0.2, 0) is 25.4 Å². The molecule has 0 spiro atoms. The summed E-state index contributed by atoms with van der Waals surface area (Å²) in [5, 5.41) is 9.36. The van der Waals surface area contributed by atoms with E-state index in [4.69, 9.17) is 0 Å². The summed E-state index contributed by atoms with van der Waals surface area (Å²) in [6, 6.07) is 5.71. The second kappa shape index (κ2) is 15.5. The first kappa shape index (κ1) is 33.3. The van der Waals surface area contributed by atoms with Gasteiger partial charge in [0.2, 0.25) is 0 Å². The maximum atomic E-state index is 9.36. The number of hydrogen-bond acceptors (Lipinski definition) is 1. The largest absolute Gasteiger partial charge is 0.508 e. The molecule has 1 N–H and O–H groups in total. The van der Waals surface area contributed by atoms with Gasteiger partial charge in [-0.2, -0.15) is 6.08 Å². The van der Waals surface area contributed by atoms with Crippen molar-refractivity contribution >= 4 is 28.6 Å². The van der Waals surface area contributed by atoms with Crippen molar-refractivity contribution in [3.63, 3.8) is 0 Å². The van der Waals surface area contributed by atoms with Gasteiger partial charge in [0.05, 0.1) is 0 Å². The summed E-state index contributed by atoms with van der Waals surface area (Å²) >= 11 is 2.19. The summed E-state index contributed by atoms with van der Waals surface area (Å²) in [6.07, 6.45) is 11.1. The van der Waals surface area contributed by atoms with Gasteiger partial charge in [0, 0.05) is 0 Å². The molecule has 0 amide bonds. The van der Waals surface area contributed by atoms with Gasteiger partial charge < -0.3 is 5.11 Å². The van der Waals surface area contributed by atoms with Crippen molar-refractivity contribution in [1.29, 1.82) is 0 Å². The van der Waals surface area contributed by atoms with Crippen LogP contribution in [0, 0.1) is 18.4 Å². The molecule has 0 bridgehead atoms.